The summed E-state index contributed by atoms with van der Waals surface area (Å²) in [5.74, 6) is -0.104. The minimum Gasteiger partial charge on any atom is -0.349 e. The molecule has 0 aliphatic rings. The number of aromatic amines is 1. The van der Waals surface area contributed by atoms with Crippen LogP contribution in [0, 0.1) is 0 Å². The highest BCUT2D eigenvalue weighted by atomic mass is 32.1. The molecule has 0 radical (unpaired) electrons. The average Bonchev–Trinajstić information content (AvgIpc) is 3.12. The molecule has 6 nitrogen and oxygen atoms in total. The Morgan fingerprint density at radius 3 is 2.68 bits per heavy atom. The molecule has 1 amide bonds. The van der Waals surface area contributed by atoms with Gasteiger partial charge >= 0.3 is 0 Å². The highest BCUT2D eigenvalue weighted by molar-refractivity contribution is 7.10. The van der Waals surface area contributed by atoms with Gasteiger partial charge in [0.1, 0.15) is 6.04 Å². The summed E-state index contributed by atoms with van der Waals surface area (Å²) in [4.78, 5) is 26.7. The number of benzene rings is 1. The van der Waals surface area contributed by atoms with E-state index in [9.17, 15) is 9.59 Å². The fourth-order valence-corrected chi connectivity index (χ4v) is 3.77. The van der Waals surface area contributed by atoms with Crippen LogP contribution in [0.2, 0.25) is 0 Å². The number of rotatable bonds is 6. The lowest BCUT2D eigenvalue weighted by Gasteiger charge is -2.20. The molecule has 25 heavy (non-hydrogen) atoms. The van der Waals surface area contributed by atoms with Crippen molar-refractivity contribution in [1.82, 2.24) is 15.5 Å². The standard InChI is InChI=1S/C18H20N4O2S/c1-22(2)15(16-8-5-9-25-16)11-19-17(23)10-14-12-6-3-4-7-13(12)18(24)21-20-14/h3-9,15H,10-11H2,1-2H3,(H,19,23)(H,21,24)/p+1/t15-/m0/s1. The average molecular weight is 357 g/mol. The molecule has 0 bridgehead atoms. The van der Waals surface area contributed by atoms with Crippen molar-refractivity contribution in [3.05, 3.63) is 62.7 Å². The zero-order valence-corrected chi connectivity index (χ0v) is 15.0. The van der Waals surface area contributed by atoms with Crippen LogP contribution in [0.5, 0.6) is 0 Å². The smallest absolute Gasteiger partial charge is 0.272 e. The molecule has 130 valence electrons. The summed E-state index contributed by atoms with van der Waals surface area (Å²) in [6.07, 6.45) is 0.136. The first-order valence-corrected chi connectivity index (χ1v) is 9.00. The maximum atomic E-state index is 12.4. The van der Waals surface area contributed by atoms with E-state index in [-0.39, 0.29) is 23.9 Å². The third-order valence-corrected chi connectivity index (χ3v) is 5.18. The van der Waals surface area contributed by atoms with Gasteiger partial charge in [-0.1, -0.05) is 24.3 Å². The first kappa shape index (κ1) is 17.3. The summed E-state index contributed by atoms with van der Waals surface area (Å²) in [6.45, 7) is 0.558. The molecule has 0 saturated carbocycles. The first-order chi connectivity index (χ1) is 12.1. The molecule has 3 aromatic rings. The topological polar surface area (TPSA) is 79.3 Å². The number of fused-ring (bicyclic) bond motifs is 1. The van der Waals surface area contributed by atoms with E-state index in [1.54, 1.807) is 23.5 Å². The van der Waals surface area contributed by atoms with E-state index in [0.717, 1.165) is 5.39 Å². The van der Waals surface area contributed by atoms with Gasteiger partial charge in [-0.25, -0.2) is 5.10 Å². The summed E-state index contributed by atoms with van der Waals surface area (Å²) in [5, 5.41) is 12.8. The van der Waals surface area contributed by atoms with Crippen molar-refractivity contribution in [1.29, 1.82) is 0 Å². The molecule has 0 aliphatic heterocycles. The van der Waals surface area contributed by atoms with Gasteiger partial charge in [-0.05, 0) is 17.5 Å². The Kier molecular flexibility index (Phi) is 5.25. The highest BCUT2D eigenvalue weighted by Crippen LogP contribution is 2.16. The van der Waals surface area contributed by atoms with E-state index in [4.69, 9.17) is 0 Å². The van der Waals surface area contributed by atoms with Crippen LogP contribution >= 0.6 is 11.3 Å². The second-order valence-electron chi connectivity index (χ2n) is 6.17. The molecule has 3 rings (SSSR count). The van der Waals surface area contributed by atoms with Gasteiger partial charge in [-0.2, -0.15) is 5.10 Å². The molecule has 0 fully saturated rings. The number of H-pyrrole nitrogens is 1. The van der Waals surface area contributed by atoms with Crippen molar-refractivity contribution in [2.45, 2.75) is 12.5 Å². The van der Waals surface area contributed by atoms with Crippen LogP contribution in [-0.4, -0.2) is 36.7 Å². The third kappa shape index (κ3) is 3.94. The number of hydrogen-bond acceptors (Lipinski definition) is 4. The lowest BCUT2D eigenvalue weighted by atomic mass is 10.1. The number of aromatic nitrogens is 2. The molecule has 1 atom stereocenters. The second kappa shape index (κ2) is 7.58. The zero-order chi connectivity index (χ0) is 17.8. The van der Waals surface area contributed by atoms with Crippen molar-refractivity contribution in [2.24, 2.45) is 0 Å². The van der Waals surface area contributed by atoms with Crippen LogP contribution < -0.4 is 15.8 Å². The molecule has 0 aliphatic carbocycles. The fraction of sp³-hybridized carbons (Fsp3) is 0.278. The quantitative estimate of drug-likeness (QED) is 0.602. The van der Waals surface area contributed by atoms with Crippen molar-refractivity contribution < 1.29 is 9.69 Å². The third-order valence-electron chi connectivity index (χ3n) is 4.19. The zero-order valence-electron chi connectivity index (χ0n) is 14.2. The number of nitrogens with one attached hydrogen (secondary N) is 3. The fourth-order valence-electron chi connectivity index (χ4n) is 2.82. The molecule has 3 N–H and O–H groups in total. The largest absolute Gasteiger partial charge is 0.349 e. The van der Waals surface area contributed by atoms with E-state index in [1.165, 1.54) is 9.78 Å². The van der Waals surface area contributed by atoms with E-state index in [1.807, 2.05) is 23.6 Å². The Morgan fingerprint density at radius 2 is 2.00 bits per heavy atom. The van der Waals surface area contributed by atoms with E-state index in [0.29, 0.717) is 17.6 Å². The van der Waals surface area contributed by atoms with E-state index < -0.39 is 0 Å². The minimum atomic E-state index is -0.242. The Bertz CT molecular complexity index is 918. The van der Waals surface area contributed by atoms with Crippen LogP contribution in [0.3, 0.4) is 0 Å². The van der Waals surface area contributed by atoms with Crippen molar-refractivity contribution in [2.75, 3.05) is 20.6 Å². The summed E-state index contributed by atoms with van der Waals surface area (Å²) in [5.41, 5.74) is 0.339. The van der Waals surface area contributed by atoms with Gasteiger partial charge < -0.3 is 10.2 Å². The Balaban J connectivity index is 1.71. The van der Waals surface area contributed by atoms with E-state index in [2.05, 4.69) is 35.7 Å². The van der Waals surface area contributed by atoms with Crippen LogP contribution in [0.25, 0.3) is 10.8 Å². The van der Waals surface area contributed by atoms with Gasteiger partial charge in [-0.3, -0.25) is 9.59 Å². The Morgan fingerprint density at radius 1 is 1.24 bits per heavy atom. The first-order valence-electron chi connectivity index (χ1n) is 8.12. The van der Waals surface area contributed by atoms with Gasteiger partial charge in [0.25, 0.3) is 5.56 Å². The molecule has 1 aromatic carbocycles. The van der Waals surface area contributed by atoms with E-state index >= 15 is 0 Å². The predicted octanol–water partition coefficient (Wildman–Crippen LogP) is 0.529. The maximum Gasteiger partial charge on any atom is 0.272 e. The number of carbonyl (C=O) groups excluding carboxylic acids is 1. The van der Waals surface area contributed by atoms with Crippen LogP contribution in [0.1, 0.15) is 16.6 Å². The number of hydrogen-bond donors (Lipinski definition) is 3. The van der Waals surface area contributed by atoms with Crippen molar-refractivity contribution >= 4 is 28.0 Å². The van der Waals surface area contributed by atoms with Crippen LogP contribution in [0.15, 0.2) is 46.6 Å². The van der Waals surface area contributed by atoms with Crippen LogP contribution in [0.4, 0.5) is 0 Å². The van der Waals surface area contributed by atoms with Gasteiger partial charge in [0, 0.05) is 5.39 Å². The Hall–Kier alpha value is -2.51. The van der Waals surface area contributed by atoms with Crippen molar-refractivity contribution in [3.8, 4) is 0 Å². The van der Waals surface area contributed by atoms with Crippen LogP contribution in [-0.2, 0) is 11.2 Å². The summed E-state index contributed by atoms with van der Waals surface area (Å²) < 4.78 is 0. The summed E-state index contributed by atoms with van der Waals surface area (Å²) in [7, 11) is 4.15. The molecular formula is C18H21N4O2S+. The summed E-state index contributed by atoms with van der Waals surface area (Å²) in [6, 6.07) is 11.5. The molecule has 0 unspecified atom stereocenters. The molecule has 7 heteroatoms. The minimum absolute atomic E-state index is 0.104. The number of quaternary nitrogens is 1. The van der Waals surface area contributed by atoms with Gasteiger partial charge in [0.15, 0.2) is 0 Å². The highest BCUT2D eigenvalue weighted by Gasteiger charge is 2.20. The molecular weight excluding hydrogens is 336 g/mol. The maximum absolute atomic E-state index is 12.4. The SMILES string of the molecule is C[NH+](C)[C@@H](CNC(=O)Cc1n[nH]c(=O)c2ccccc12)c1cccs1. The lowest BCUT2D eigenvalue weighted by Crippen LogP contribution is -3.06. The molecule has 2 heterocycles. The van der Waals surface area contributed by atoms with Crippen molar-refractivity contribution in [3.63, 3.8) is 0 Å². The predicted molar refractivity (Wildman–Crippen MR) is 98.9 cm³/mol. The normalized spacial score (nSPS) is 12.4. The number of carbonyl (C=O) groups is 1. The molecule has 0 saturated heterocycles. The number of amides is 1. The lowest BCUT2D eigenvalue weighted by molar-refractivity contribution is -0.890. The van der Waals surface area contributed by atoms with Gasteiger partial charge in [0.2, 0.25) is 5.91 Å². The van der Waals surface area contributed by atoms with Gasteiger partial charge in [-0.15, -0.1) is 11.3 Å². The van der Waals surface area contributed by atoms with Gasteiger partial charge in [0.05, 0.1) is 43.0 Å². The Labute approximate surface area is 149 Å². The molecule has 2 aromatic heterocycles. The monoisotopic (exact) mass is 357 g/mol. The molecule has 0 spiro atoms. The summed E-state index contributed by atoms with van der Waals surface area (Å²) >= 11 is 1.69. The number of likely N-dealkylation sites (N-methyl/N-ethyl adjacent to an activating group) is 1. The number of thiophene rings is 1. The number of nitrogens with zero attached hydrogens (tertiary/aromatic N) is 1. The second-order valence-corrected chi connectivity index (χ2v) is 7.15.